The fraction of sp³-hybridized carbons (Fsp3) is 0.0909. The third kappa shape index (κ3) is 2.06. The normalized spacial score (nSPS) is 10.1. The maximum absolute atomic E-state index is 9.16. The number of aromatic hydroxyl groups is 1. The highest BCUT2D eigenvalue weighted by molar-refractivity contribution is 6.32. The number of nitrogens with zero attached hydrogens (tertiary/aromatic N) is 2. The minimum absolute atomic E-state index is 0.205. The molecular formula is C11H9ClN2O2. The van der Waals surface area contributed by atoms with E-state index in [1.54, 1.807) is 30.3 Å². The molecule has 0 aliphatic rings. The average molecular weight is 237 g/mol. The van der Waals surface area contributed by atoms with E-state index in [9.17, 15) is 0 Å². The van der Waals surface area contributed by atoms with E-state index in [1.165, 1.54) is 7.11 Å². The van der Waals surface area contributed by atoms with E-state index in [0.29, 0.717) is 16.6 Å². The van der Waals surface area contributed by atoms with Gasteiger partial charge in [0.1, 0.15) is 10.8 Å². The molecule has 4 nitrogen and oxygen atoms in total. The molecule has 0 aliphatic carbocycles. The lowest BCUT2D eigenvalue weighted by molar-refractivity contribution is 0.392. The topological polar surface area (TPSA) is 55.2 Å². The summed E-state index contributed by atoms with van der Waals surface area (Å²) in [5, 5.41) is 17.4. The van der Waals surface area contributed by atoms with Gasteiger partial charge in [0.15, 0.2) is 0 Å². The highest BCUT2D eigenvalue weighted by atomic mass is 35.5. The largest absolute Gasteiger partial charge is 0.508 e. The van der Waals surface area contributed by atoms with Crippen LogP contribution in [0.3, 0.4) is 0 Å². The maximum atomic E-state index is 9.16. The van der Waals surface area contributed by atoms with E-state index >= 15 is 0 Å². The number of phenolic OH excluding ortho intramolecular Hbond substituents is 1. The molecule has 0 radical (unpaired) electrons. The van der Waals surface area contributed by atoms with E-state index in [1.807, 2.05) is 0 Å². The number of phenols is 1. The summed E-state index contributed by atoms with van der Waals surface area (Å²) in [4.78, 5) is 0. The molecule has 0 aliphatic heterocycles. The minimum Gasteiger partial charge on any atom is -0.508 e. The van der Waals surface area contributed by atoms with Crippen molar-refractivity contribution in [3.63, 3.8) is 0 Å². The summed E-state index contributed by atoms with van der Waals surface area (Å²) in [7, 11) is 1.48. The predicted molar refractivity (Wildman–Crippen MR) is 60.7 cm³/mol. The predicted octanol–water partition coefficient (Wildman–Crippen LogP) is 2.51. The SMILES string of the molecule is COc1nnc(-c2ccc(O)cc2)cc1Cl. The first-order chi connectivity index (χ1) is 7.70. The lowest BCUT2D eigenvalue weighted by Crippen LogP contribution is -1.93. The Morgan fingerprint density at radius 1 is 1.19 bits per heavy atom. The Morgan fingerprint density at radius 2 is 1.88 bits per heavy atom. The van der Waals surface area contributed by atoms with Gasteiger partial charge in [0.25, 0.3) is 5.88 Å². The standard InChI is InChI=1S/C11H9ClN2O2/c1-16-11-9(12)6-10(13-14-11)7-2-4-8(15)5-3-7/h2-6,15H,1H3. The van der Waals surface area contributed by atoms with Crippen LogP contribution >= 0.6 is 11.6 Å². The van der Waals surface area contributed by atoms with Crippen LogP contribution in [0, 0.1) is 0 Å². The van der Waals surface area contributed by atoms with Crippen LogP contribution in [0.25, 0.3) is 11.3 Å². The van der Waals surface area contributed by atoms with E-state index in [-0.39, 0.29) is 5.75 Å². The van der Waals surface area contributed by atoms with Gasteiger partial charge in [0, 0.05) is 5.56 Å². The molecule has 0 unspecified atom stereocenters. The van der Waals surface area contributed by atoms with E-state index in [0.717, 1.165) is 5.56 Å². The molecule has 0 saturated heterocycles. The van der Waals surface area contributed by atoms with Gasteiger partial charge in [-0.1, -0.05) is 11.6 Å². The van der Waals surface area contributed by atoms with Crippen molar-refractivity contribution < 1.29 is 9.84 Å². The first-order valence-corrected chi connectivity index (χ1v) is 4.95. The molecule has 5 heteroatoms. The molecule has 2 rings (SSSR count). The lowest BCUT2D eigenvalue weighted by atomic mass is 10.1. The van der Waals surface area contributed by atoms with Crippen molar-refractivity contribution in [3.05, 3.63) is 35.4 Å². The van der Waals surface area contributed by atoms with E-state index in [4.69, 9.17) is 21.4 Å². The number of rotatable bonds is 2. The van der Waals surface area contributed by atoms with Crippen LogP contribution in [0.4, 0.5) is 0 Å². The Bertz CT molecular complexity index is 500. The van der Waals surface area contributed by atoms with Gasteiger partial charge >= 0.3 is 0 Å². The molecular weight excluding hydrogens is 228 g/mol. The average Bonchev–Trinajstić information content (AvgIpc) is 2.30. The lowest BCUT2D eigenvalue weighted by Gasteiger charge is -2.03. The Kier molecular flexibility index (Phi) is 2.92. The molecule has 1 heterocycles. The Hall–Kier alpha value is -1.81. The molecule has 2 aromatic rings. The van der Waals surface area contributed by atoms with Gasteiger partial charge in [0.05, 0.1) is 12.8 Å². The summed E-state index contributed by atoms with van der Waals surface area (Å²) in [6.45, 7) is 0. The summed E-state index contributed by atoms with van der Waals surface area (Å²) < 4.78 is 4.91. The van der Waals surface area contributed by atoms with Crippen LogP contribution in [-0.2, 0) is 0 Å². The van der Waals surface area contributed by atoms with Crippen molar-refractivity contribution in [2.24, 2.45) is 0 Å². The molecule has 0 saturated carbocycles. The van der Waals surface area contributed by atoms with Gasteiger partial charge in [-0.3, -0.25) is 0 Å². The number of halogens is 1. The number of benzene rings is 1. The molecule has 0 bridgehead atoms. The summed E-state index contributed by atoms with van der Waals surface area (Å²) in [6, 6.07) is 8.30. The fourth-order valence-corrected chi connectivity index (χ4v) is 1.49. The number of methoxy groups -OCH3 is 1. The van der Waals surface area contributed by atoms with Gasteiger partial charge in [-0.25, -0.2) is 0 Å². The van der Waals surface area contributed by atoms with Crippen molar-refractivity contribution in [2.45, 2.75) is 0 Å². The number of ether oxygens (including phenoxy) is 1. The second kappa shape index (κ2) is 4.37. The number of hydrogen-bond donors (Lipinski definition) is 1. The maximum Gasteiger partial charge on any atom is 0.252 e. The summed E-state index contributed by atoms with van der Waals surface area (Å²) >= 11 is 5.93. The second-order valence-electron chi connectivity index (χ2n) is 3.13. The smallest absolute Gasteiger partial charge is 0.252 e. The van der Waals surface area contributed by atoms with Crippen molar-refractivity contribution in [1.82, 2.24) is 10.2 Å². The summed E-state index contributed by atoms with van der Waals surface area (Å²) in [5.41, 5.74) is 1.46. The van der Waals surface area contributed by atoms with Crippen LogP contribution in [-0.4, -0.2) is 22.4 Å². The van der Waals surface area contributed by atoms with Crippen molar-refractivity contribution in [1.29, 1.82) is 0 Å². The summed E-state index contributed by atoms with van der Waals surface area (Å²) in [6.07, 6.45) is 0. The zero-order valence-electron chi connectivity index (χ0n) is 8.51. The Balaban J connectivity index is 2.41. The molecule has 0 atom stereocenters. The van der Waals surface area contributed by atoms with Crippen molar-refractivity contribution in [3.8, 4) is 22.9 Å². The zero-order chi connectivity index (χ0) is 11.5. The number of hydrogen-bond acceptors (Lipinski definition) is 4. The number of aromatic nitrogens is 2. The van der Waals surface area contributed by atoms with Crippen LogP contribution in [0.5, 0.6) is 11.6 Å². The van der Waals surface area contributed by atoms with E-state index < -0.39 is 0 Å². The molecule has 1 aromatic carbocycles. The van der Waals surface area contributed by atoms with Crippen molar-refractivity contribution >= 4 is 11.6 Å². The molecule has 82 valence electrons. The monoisotopic (exact) mass is 236 g/mol. The first kappa shape index (κ1) is 10.7. The zero-order valence-corrected chi connectivity index (χ0v) is 9.27. The highest BCUT2D eigenvalue weighted by Gasteiger charge is 2.06. The third-order valence-corrected chi connectivity index (χ3v) is 2.34. The molecule has 1 N–H and O–H groups in total. The third-order valence-electron chi connectivity index (χ3n) is 2.07. The molecule has 1 aromatic heterocycles. The van der Waals surface area contributed by atoms with Crippen LogP contribution < -0.4 is 4.74 Å². The van der Waals surface area contributed by atoms with Gasteiger partial charge < -0.3 is 9.84 Å². The summed E-state index contributed by atoms with van der Waals surface area (Å²) in [5.74, 6) is 0.500. The van der Waals surface area contributed by atoms with Gasteiger partial charge in [-0.05, 0) is 30.3 Å². The second-order valence-corrected chi connectivity index (χ2v) is 3.54. The van der Waals surface area contributed by atoms with Gasteiger partial charge in [-0.15, -0.1) is 10.2 Å². The fourth-order valence-electron chi connectivity index (χ4n) is 1.27. The first-order valence-electron chi connectivity index (χ1n) is 4.57. The van der Waals surface area contributed by atoms with Crippen LogP contribution in [0.1, 0.15) is 0 Å². The Morgan fingerprint density at radius 3 is 2.44 bits per heavy atom. The Labute approximate surface area is 97.5 Å². The molecule has 0 amide bonds. The molecule has 16 heavy (non-hydrogen) atoms. The van der Waals surface area contributed by atoms with Gasteiger partial charge in [-0.2, -0.15) is 0 Å². The van der Waals surface area contributed by atoms with E-state index in [2.05, 4.69) is 10.2 Å². The van der Waals surface area contributed by atoms with Crippen molar-refractivity contribution in [2.75, 3.05) is 7.11 Å². The minimum atomic E-state index is 0.205. The van der Waals surface area contributed by atoms with Crippen LogP contribution in [0.2, 0.25) is 5.02 Å². The van der Waals surface area contributed by atoms with Gasteiger partial charge in [0.2, 0.25) is 0 Å². The quantitative estimate of drug-likeness (QED) is 0.871. The molecule has 0 fully saturated rings. The highest BCUT2D eigenvalue weighted by Crippen LogP contribution is 2.26. The van der Waals surface area contributed by atoms with Crippen LogP contribution in [0.15, 0.2) is 30.3 Å². The molecule has 0 spiro atoms.